The van der Waals surface area contributed by atoms with Crippen molar-refractivity contribution < 1.29 is 14.3 Å². The number of hydrogen-bond donors (Lipinski definition) is 1. The summed E-state index contributed by atoms with van der Waals surface area (Å²) < 4.78 is 5.22. The molecule has 0 radical (unpaired) electrons. The highest BCUT2D eigenvalue weighted by atomic mass is 35.5. The van der Waals surface area contributed by atoms with Crippen molar-refractivity contribution in [2.45, 2.75) is 6.92 Å². The standard InChI is InChI=1S/C17H13Cl2NO3/c1-11(21)20-15-4-2-3-5-16(15)23-17(22)9-7-12-6-8-13(18)10-14(12)19/h2-10H,1H3,(H,20,21)/b9-7+. The van der Waals surface area contributed by atoms with E-state index in [-0.39, 0.29) is 11.7 Å². The van der Waals surface area contributed by atoms with Gasteiger partial charge >= 0.3 is 5.97 Å². The van der Waals surface area contributed by atoms with Gasteiger partial charge in [-0.15, -0.1) is 0 Å². The first-order chi connectivity index (χ1) is 11.0. The fraction of sp³-hybridized carbons (Fsp3) is 0.0588. The molecular weight excluding hydrogens is 337 g/mol. The highest BCUT2D eigenvalue weighted by molar-refractivity contribution is 6.35. The largest absolute Gasteiger partial charge is 0.421 e. The first-order valence-electron chi connectivity index (χ1n) is 6.67. The lowest BCUT2D eigenvalue weighted by atomic mass is 10.2. The molecule has 0 spiro atoms. The minimum Gasteiger partial charge on any atom is -0.421 e. The van der Waals surface area contributed by atoms with Gasteiger partial charge in [-0.05, 0) is 35.9 Å². The van der Waals surface area contributed by atoms with Crippen LogP contribution in [0.1, 0.15) is 12.5 Å². The number of ether oxygens (including phenoxy) is 1. The number of anilines is 1. The Balaban J connectivity index is 2.10. The third-order valence-electron chi connectivity index (χ3n) is 2.77. The van der Waals surface area contributed by atoms with E-state index < -0.39 is 5.97 Å². The molecule has 118 valence electrons. The Hall–Kier alpha value is -2.30. The number of hydrogen-bond acceptors (Lipinski definition) is 3. The van der Waals surface area contributed by atoms with Crippen LogP contribution < -0.4 is 10.1 Å². The van der Waals surface area contributed by atoms with Crippen molar-refractivity contribution in [3.05, 3.63) is 64.1 Å². The zero-order chi connectivity index (χ0) is 16.8. The van der Waals surface area contributed by atoms with E-state index in [0.29, 0.717) is 21.3 Å². The third kappa shape index (κ3) is 5.13. The second-order valence-corrected chi connectivity index (χ2v) is 5.44. The van der Waals surface area contributed by atoms with Crippen LogP contribution in [0.3, 0.4) is 0 Å². The second kappa shape index (κ2) is 7.81. The lowest BCUT2D eigenvalue weighted by Gasteiger charge is -2.08. The van der Waals surface area contributed by atoms with Crippen LogP contribution in [-0.4, -0.2) is 11.9 Å². The summed E-state index contributed by atoms with van der Waals surface area (Å²) in [5, 5.41) is 3.54. The maximum atomic E-state index is 11.9. The average Bonchev–Trinajstić information content (AvgIpc) is 2.48. The van der Waals surface area contributed by atoms with Gasteiger partial charge in [0, 0.05) is 23.0 Å². The van der Waals surface area contributed by atoms with Crippen molar-refractivity contribution in [1.29, 1.82) is 0 Å². The maximum absolute atomic E-state index is 11.9. The van der Waals surface area contributed by atoms with E-state index in [1.54, 1.807) is 42.5 Å². The van der Waals surface area contributed by atoms with Crippen LogP contribution in [0.5, 0.6) is 5.75 Å². The van der Waals surface area contributed by atoms with E-state index in [0.717, 1.165) is 0 Å². The second-order valence-electron chi connectivity index (χ2n) is 4.60. The van der Waals surface area contributed by atoms with Gasteiger partial charge in [-0.3, -0.25) is 4.79 Å². The predicted molar refractivity (Wildman–Crippen MR) is 91.9 cm³/mol. The lowest BCUT2D eigenvalue weighted by molar-refractivity contribution is -0.129. The predicted octanol–water partition coefficient (Wildman–Crippen LogP) is 4.57. The minimum absolute atomic E-state index is 0.253. The summed E-state index contributed by atoms with van der Waals surface area (Å²) in [6.07, 6.45) is 2.78. The molecule has 0 unspecified atom stereocenters. The number of amides is 1. The Bertz CT molecular complexity index is 772. The van der Waals surface area contributed by atoms with Crippen LogP contribution in [0.2, 0.25) is 10.0 Å². The van der Waals surface area contributed by atoms with Crippen molar-refractivity contribution in [2.75, 3.05) is 5.32 Å². The molecule has 6 heteroatoms. The number of esters is 1. The summed E-state index contributed by atoms with van der Waals surface area (Å²) >= 11 is 11.8. The van der Waals surface area contributed by atoms with Gasteiger partial charge in [-0.1, -0.05) is 41.4 Å². The minimum atomic E-state index is -0.589. The normalized spacial score (nSPS) is 10.6. The zero-order valence-electron chi connectivity index (χ0n) is 12.2. The van der Waals surface area contributed by atoms with Gasteiger partial charge in [0.25, 0.3) is 0 Å². The molecule has 0 bridgehead atoms. The smallest absolute Gasteiger partial charge is 0.336 e. The molecule has 23 heavy (non-hydrogen) atoms. The number of carbonyl (C=O) groups is 2. The number of carbonyl (C=O) groups excluding carboxylic acids is 2. The Labute approximate surface area is 143 Å². The number of nitrogens with one attached hydrogen (secondary N) is 1. The molecule has 0 aromatic heterocycles. The molecule has 2 rings (SSSR count). The molecule has 1 amide bonds. The molecule has 4 nitrogen and oxygen atoms in total. The van der Waals surface area contributed by atoms with Gasteiger partial charge < -0.3 is 10.1 Å². The van der Waals surface area contributed by atoms with E-state index >= 15 is 0 Å². The Morgan fingerprint density at radius 1 is 1.13 bits per heavy atom. The molecule has 1 N–H and O–H groups in total. The summed E-state index contributed by atoms with van der Waals surface area (Å²) in [6, 6.07) is 11.6. The van der Waals surface area contributed by atoms with Crippen molar-refractivity contribution in [2.24, 2.45) is 0 Å². The molecule has 0 aliphatic rings. The van der Waals surface area contributed by atoms with E-state index in [4.69, 9.17) is 27.9 Å². The highest BCUT2D eigenvalue weighted by Crippen LogP contribution is 2.25. The summed E-state index contributed by atoms with van der Waals surface area (Å²) in [4.78, 5) is 23.0. The third-order valence-corrected chi connectivity index (χ3v) is 3.33. The van der Waals surface area contributed by atoms with Crippen LogP contribution in [0.4, 0.5) is 5.69 Å². The van der Waals surface area contributed by atoms with Gasteiger partial charge in [-0.25, -0.2) is 4.79 Å². The lowest BCUT2D eigenvalue weighted by Crippen LogP contribution is -2.10. The van der Waals surface area contributed by atoms with E-state index in [2.05, 4.69) is 5.32 Å². The molecule has 2 aromatic carbocycles. The van der Waals surface area contributed by atoms with Crippen LogP contribution in [-0.2, 0) is 9.59 Å². The van der Waals surface area contributed by atoms with Crippen LogP contribution in [0, 0.1) is 0 Å². The molecule has 0 aliphatic carbocycles. The van der Waals surface area contributed by atoms with Crippen molar-refractivity contribution in [1.82, 2.24) is 0 Å². The number of rotatable bonds is 4. The molecule has 0 atom stereocenters. The molecule has 0 heterocycles. The molecule has 0 saturated heterocycles. The van der Waals surface area contributed by atoms with Gasteiger partial charge in [0.1, 0.15) is 0 Å². The first-order valence-corrected chi connectivity index (χ1v) is 7.43. The number of benzene rings is 2. The van der Waals surface area contributed by atoms with Crippen LogP contribution in [0.25, 0.3) is 6.08 Å². The average molecular weight is 350 g/mol. The van der Waals surface area contributed by atoms with Gasteiger partial charge in [-0.2, -0.15) is 0 Å². The van der Waals surface area contributed by atoms with Crippen LogP contribution in [0.15, 0.2) is 48.5 Å². The maximum Gasteiger partial charge on any atom is 0.336 e. The first kappa shape index (κ1) is 17.1. The van der Waals surface area contributed by atoms with Crippen molar-refractivity contribution >= 4 is 46.8 Å². The van der Waals surface area contributed by atoms with Gasteiger partial charge in [0.2, 0.25) is 5.91 Å². The van der Waals surface area contributed by atoms with Crippen molar-refractivity contribution in [3.63, 3.8) is 0 Å². The quantitative estimate of drug-likeness (QED) is 0.499. The van der Waals surface area contributed by atoms with Gasteiger partial charge in [0.15, 0.2) is 5.75 Å². The molecule has 2 aromatic rings. The summed E-state index contributed by atoms with van der Waals surface area (Å²) in [5.41, 5.74) is 1.06. The van der Waals surface area contributed by atoms with E-state index in [1.807, 2.05) is 0 Å². The van der Waals surface area contributed by atoms with Crippen LogP contribution >= 0.6 is 23.2 Å². The van der Waals surface area contributed by atoms with Crippen molar-refractivity contribution in [3.8, 4) is 5.75 Å². The molecule has 0 aliphatic heterocycles. The summed E-state index contributed by atoms with van der Waals surface area (Å²) in [5.74, 6) is -0.578. The fourth-order valence-electron chi connectivity index (χ4n) is 1.79. The summed E-state index contributed by atoms with van der Waals surface area (Å²) in [6.45, 7) is 1.38. The number of halogens is 2. The molecular formula is C17H13Cl2NO3. The van der Waals surface area contributed by atoms with E-state index in [1.165, 1.54) is 19.1 Å². The Kier molecular flexibility index (Phi) is 5.79. The fourth-order valence-corrected chi connectivity index (χ4v) is 2.26. The Morgan fingerprint density at radius 3 is 2.57 bits per heavy atom. The zero-order valence-corrected chi connectivity index (χ0v) is 13.7. The number of para-hydroxylation sites is 2. The molecule has 0 fully saturated rings. The van der Waals surface area contributed by atoms with Gasteiger partial charge in [0.05, 0.1) is 5.69 Å². The monoisotopic (exact) mass is 349 g/mol. The highest BCUT2D eigenvalue weighted by Gasteiger charge is 2.08. The molecule has 0 saturated carbocycles. The van der Waals surface area contributed by atoms with E-state index in [9.17, 15) is 9.59 Å². The summed E-state index contributed by atoms with van der Waals surface area (Å²) in [7, 11) is 0. The Morgan fingerprint density at radius 2 is 1.87 bits per heavy atom. The topological polar surface area (TPSA) is 55.4 Å². The SMILES string of the molecule is CC(=O)Nc1ccccc1OC(=O)/C=C/c1ccc(Cl)cc1Cl.